The molecule has 0 spiro atoms. The SMILES string of the molecule is O=C1NC(=S)N(c2cccc(Cl)c2Cl)C(=O)/C1=C/c1ccc(OCc2ccc(I)cc2)c(Br)c1. The number of ether oxygens (including phenoxy) is 1. The minimum Gasteiger partial charge on any atom is -0.488 e. The summed E-state index contributed by atoms with van der Waals surface area (Å²) in [7, 11) is 0. The summed E-state index contributed by atoms with van der Waals surface area (Å²) in [5.41, 5.74) is 1.86. The molecule has 4 rings (SSSR count). The number of thiocarbonyl (C=S) groups is 1. The molecule has 1 aliphatic heterocycles. The molecule has 1 fully saturated rings. The first-order valence-electron chi connectivity index (χ1n) is 9.77. The first kappa shape index (κ1) is 25.1. The lowest BCUT2D eigenvalue weighted by atomic mass is 10.1. The summed E-state index contributed by atoms with van der Waals surface area (Å²) in [6.45, 7) is 0.406. The molecule has 0 bridgehead atoms. The van der Waals surface area contributed by atoms with Gasteiger partial charge in [-0.3, -0.25) is 19.8 Å². The standard InChI is InChI=1S/C24H14BrCl2IN2O3S/c25-17-11-14(6-9-20(17)33-12-13-4-7-15(28)8-5-13)10-16-22(31)29-24(34)30(23(16)32)19-3-1-2-18(26)21(19)27/h1-11H,12H2,(H,29,31,34)/b16-10+. The Morgan fingerprint density at radius 2 is 1.82 bits per heavy atom. The van der Waals surface area contributed by atoms with Crippen LogP contribution in [0.1, 0.15) is 11.1 Å². The highest BCUT2D eigenvalue weighted by atomic mass is 127. The van der Waals surface area contributed by atoms with Crippen molar-refractivity contribution in [2.75, 3.05) is 4.90 Å². The Morgan fingerprint density at radius 1 is 1.09 bits per heavy atom. The molecular formula is C24H14BrCl2IN2O3S. The van der Waals surface area contributed by atoms with Gasteiger partial charge >= 0.3 is 0 Å². The minimum atomic E-state index is -0.604. The molecular weight excluding hydrogens is 674 g/mol. The van der Waals surface area contributed by atoms with E-state index in [0.29, 0.717) is 22.4 Å². The van der Waals surface area contributed by atoms with Crippen LogP contribution in [-0.2, 0) is 16.2 Å². The van der Waals surface area contributed by atoms with Gasteiger partial charge in [0, 0.05) is 3.57 Å². The van der Waals surface area contributed by atoms with Crippen LogP contribution in [0.3, 0.4) is 0 Å². The third-order valence-corrected chi connectivity index (χ3v) is 7.28. The molecule has 10 heteroatoms. The van der Waals surface area contributed by atoms with E-state index in [2.05, 4.69) is 43.8 Å². The molecule has 0 aliphatic carbocycles. The van der Waals surface area contributed by atoms with E-state index in [-0.39, 0.29) is 26.4 Å². The molecule has 1 heterocycles. The average Bonchev–Trinajstić information content (AvgIpc) is 2.80. The molecule has 0 unspecified atom stereocenters. The van der Waals surface area contributed by atoms with E-state index >= 15 is 0 Å². The molecule has 0 saturated carbocycles. The van der Waals surface area contributed by atoms with Crippen molar-refractivity contribution in [3.05, 3.63) is 95.5 Å². The quantitative estimate of drug-likeness (QED) is 0.139. The number of nitrogens with zero attached hydrogens (tertiary/aromatic N) is 1. The second kappa shape index (κ2) is 10.7. The van der Waals surface area contributed by atoms with Gasteiger partial charge in [-0.25, -0.2) is 0 Å². The van der Waals surface area contributed by atoms with E-state index in [1.54, 1.807) is 36.4 Å². The van der Waals surface area contributed by atoms with Crippen molar-refractivity contribution in [1.29, 1.82) is 0 Å². The summed E-state index contributed by atoms with van der Waals surface area (Å²) in [5, 5.41) is 2.89. The van der Waals surface area contributed by atoms with E-state index in [1.165, 1.54) is 6.08 Å². The van der Waals surface area contributed by atoms with Crippen LogP contribution >= 0.6 is 73.9 Å². The van der Waals surface area contributed by atoms with E-state index < -0.39 is 11.8 Å². The molecule has 0 atom stereocenters. The Kier molecular flexibility index (Phi) is 7.94. The van der Waals surface area contributed by atoms with Gasteiger partial charge in [-0.2, -0.15) is 0 Å². The number of halogens is 4. The normalized spacial score (nSPS) is 15.0. The Bertz CT molecular complexity index is 1350. The van der Waals surface area contributed by atoms with Crippen molar-refractivity contribution in [1.82, 2.24) is 5.32 Å². The fourth-order valence-electron chi connectivity index (χ4n) is 3.17. The average molecular weight is 688 g/mol. The van der Waals surface area contributed by atoms with Crippen LogP contribution in [0.15, 0.2) is 70.7 Å². The largest absolute Gasteiger partial charge is 0.488 e. The lowest BCUT2D eigenvalue weighted by Gasteiger charge is -2.29. The summed E-state index contributed by atoms with van der Waals surface area (Å²) >= 11 is 23.3. The van der Waals surface area contributed by atoms with Gasteiger partial charge in [-0.1, -0.05) is 47.5 Å². The predicted molar refractivity (Wildman–Crippen MR) is 150 cm³/mol. The van der Waals surface area contributed by atoms with Crippen molar-refractivity contribution in [3.63, 3.8) is 0 Å². The van der Waals surface area contributed by atoms with Crippen LogP contribution in [0.25, 0.3) is 6.08 Å². The number of anilines is 1. The summed E-state index contributed by atoms with van der Waals surface area (Å²) < 4.78 is 7.73. The van der Waals surface area contributed by atoms with E-state index in [0.717, 1.165) is 14.0 Å². The molecule has 0 radical (unpaired) electrons. The maximum atomic E-state index is 13.2. The third kappa shape index (κ3) is 5.46. The van der Waals surface area contributed by atoms with E-state index in [9.17, 15) is 9.59 Å². The summed E-state index contributed by atoms with van der Waals surface area (Å²) in [6, 6.07) is 18.2. The first-order chi connectivity index (χ1) is 16.2. The van der Waals surface area contributed by atoms with Gasteiger partial charge in [0.15, 0.2) is 5.11 Å². The number of hydrogen-bond acceptors (Lipinski definition) is 4. The number of hydrogen-bond donors (Lipinski definition) is 1. The van der Waals surface area contributed by atoms with Gasteiger partial charge in [0.1, 0.15) is 17.9 Å². The number of benzene rings is 3. The monoisotopic (exact) mass is 686 g/mol. The zero-order valence-corrected chi connectivity index (χ0v) is 23.2. The molecule has 172 valence electrons. The van der Waals surface area contributed by atoms with Gasteiger partial charge in [-0.15, -0.1) is 0 Å². The fraction of sp³-hybridized carbons (Fsp3) is 0.0417. The van der Waals surface area contributed by atoms with Crippen molar-refractivity contribution >= 4 is 103 Å². The topological polar surface area (TPSA) is 58.6 Å². The molecule has 3 aromatic carbocycles. The Labute approximate surface area is 233 Å². The van der Waals surface area contributed by atoms with Crippen molar-refractivity contribution in [2.24, 2.45) is 0 Å². The Balaban J connectivity index is 1.58. The molecule has 1 N–H and O–H groups in total. The molecule has 5 nitrogen and oxygen atoms in total. The van der Waals surface area contributed by atoms with Crippen molar-refractivity contribution < 1.29 is 14.3 Å². The zero-order valence-electron chi connectivity index (χ0n) is 17.2. The molecule has 3 aromatic rings. The van der Waals surface area contributed by atoms with Crippen LogP contribution in [0.2, 0.25) is 10.0 Å². The Hall–Kier alpha value is -1.98. The van der Waals surface area contributed by atoms with E-state index in [4.69, 9.17) is 40.2 Å². The van der Waals surface area contributed by atoms with Gasteiger partial charge < -0.3 is 4.74 Å². The zero-order chi connectivity index (χ0) is 24.4. The molecule has 1 aliphatic rings. The van der Waals surface area contributed by atoms with Crippen LogP contribution in [0.5, 0.6) is 5.75 Å². The smallest absolute Gasteiger partial charge is 0.270 e. The molecule has 2 amide bonds. The number of nitrogens with one attached hydrogen (secondary N) is 1. The predicted octanol–water partition coefficient (Wildman–Crippen LogP) is 6.77. The molecule has 0 aromatic heterocycles. The van der Waals surface area contributed by atoms with Crippen molar-refractivity contribution in [2.45, 2.75) is 6.61 Å². The highest BCUT2D eigenvalue weighted by molar-refractivity contribution is 14.1. The lowest BCUT2D eigenvalue weighted by Crippen LogP contribution is -2.54. The van der Waals surface area contributed by atoms with Crippen LogP contribution in [0.4, 0.5) is 5.69 Å². The maximum Gasteiger partial charge on any atom is 0.270 e. The summed E-state index contributed by atoms with van der Waals surface area (Å²) in [4.78, 5) is 27.0. The summed E-state index contributed by atoms with van der Waals surface area (Å²) in [5.74, 6) is -0.568. The van der Waals surface area contributed by atoms with Gasteiger partial charge in [0.2, 0.25) is 0 Å². The number of rotatable bonds is 5. The van der Waals surface area contributed by atoms with Crippen LogP contribution in [0, 0.1) is 3.57 Å². The van der Waals surface area contributed by atoms with Crippen LogP contribution < -0.4 is 15.0 Å². The van der Waals surface area contributed by atoms with E-state index in [1.807, 2.05) is 24.3 Å². The highest BCUT2D eigenvalue weighted by Gasteiger charge is 2.35. The number of carbonyl (C=O) groups excluding carboxylic acids is 2. The second-order valence-corrected chi connectivity index (χ2v) is 10.4. The Morgan fingerprint density at radius 3 is 2.53 bits per heavy atom. The van der Waals surface area contributed by atoms with Gasteiger partial charge in [-0.05, 0) is 104 Å². The number of carbonyl (C=O) groups is 2. The number of amides is 2. The highest BCUT2D eigenvalue weighted by Crippen LogP contribution is 2.35. The van der Waals surface area contributed by atoms with Crippen LogP contribution in [-0.4, -0.2) is 16.9 Å². The summed E-state index contributed by atoms with van der Waals surface area (Å²) in [6.07, 6.45) is 1.48. The minimum absolute atomic E-state index is 0.0724. The lowest BCUT2D eigenvalue weighted by molar-refractivity contribution is -0.122. The third-order valence-electron chi connectivity index (χ3n) is 4.85. The maximum absolute atomic E-state index is 13.2. The first-order valence-corrected chi connectivity index (χ1v) is 12.8. The van der Waals surface area contributed by atoms with Gasteiger partial charge in [0.05, 0.1) is 20.2 Å². The van der Waals surface area contributed by atoms with Crippen molar-refractivity contribution in [3.8, 4) is 5.75 Å². The second-order valence-electron chi connectivity index (χ2n) is 7.14. The fourth-order valence-corrected chi connectivity index (χ4v) is 4.70. The van der Waals surface area contributed by atoms with Gasteiger partial charge in [0.25, 0.3) is 11.8 Å². The molecule has 34 heavy (non-hydrogen) atoms. The molecule has 1 saturated heterocycles.